The van der Waals surface area contributed by atoms with Crippen LogP contribution in [0, 0.1) is 0 Å². The fourth-order valence-corrected chi connectivity index (χ4v) is 1.69. The van der Waals surface area contributed by atoms with E-state index < -0.39 is 0 Å². The Morgan fingerprint density at radius 2 is 2.06 bits per heavy atom. The van der Waals surface area contributed by atoms with E-state index >= 15 is 0 Å². The molecule has 5 heteroatoms. The van der Waals surface area contributed by atoms with E-state index in [2.05, 4.69) is 10.6 Å². The number of nitrogens with two attached hydrogens (primary N) is 1. The van der Waals surface area contributed by atoms with Gasteiger partial charge < -0.3 is 21.5 Å². The Balaban J connectivity index is 3.94. The van der Waals surface area contributed by atoms with Gasteiger partial charge in [0.1, 0.15) is 0 Å². The molecule has 3 atom stereocenters. The zero-order valence-electron chi connectivity index (χ0n) is 10.5. The second-order valence-electron chi connectivity index (χ2n) is 4.24. The molecule has 0 saturated carbocycles. The van der Waals surface area contributed by atoms with Crippen molar-refractivity contribution < 1.29 is 9.90 Å². The maximum Gasteiger partial charge on any atom is 0.221 e. The van der Waals surface area contributed by atoms with E-state index in [1.807, 2.05) is 13.8 Å². The van der Waals surface area contributed by atoms with Gasteiger partial charge in [0.15, 0.2) is 0 Å². The highest BCUT2D eigenvalue weighted by Gasteiger charge is 2.15. The van der Waals surface area contributed by atoms with Crippen LogP contribution >= 0.6 is 0 Å². The highest BCUT2D eigenvalue weighted by molar-refractivity contribution is 5.76. The normalized spacial score (nSPS) is 16.6. The summed E-state index contributed by atoms with van der Waals surface area (Å²) in [5.74, 6) is 0.00898. The zero-order chi connectivity index (χ0) is 12.6. The van der Waals surface area contributed by atoms with Crippen molar-refractivity contribution in [3.8, 4) is 0 Å². The molecular weight excluding hydrogens is 206 g/mol. The minimum absolute atomic E-state index is 0.00898. The number of carbonyl (C=O) groups excluding carboxylic acids is 1. The van der Waals surface area contributed by atoms with Gasteiger partial charge in [0.25, 0.3) is 0 Å². The summed E-state index contributed by atoms with van der Waals surface area (Å²) < 4.78 is 0. The van der Waals surface area contributed by atoms with E-state index in [0.29, 0.717) is 25.9 Å². The van der Waals surface area contributed by atoms with Crippen LogP contribution in [0.25, 0.3) is 0 Å². The maximum absolute atomic E-state index is 11.4. The fourth-order valence-electron chi connectivity index (χ4n) is 1.69. The van der Waals surface area contributed by atoms with Crippen molar-refractivity contribution in [1.82, 2.24) is 10.6 Å². The molecule has 0 aromatic carbocycles. The molecule has 0 bridgehead atoms. The zero-order valence-corrected chi connectivity index (χ0v) is 10.5. The minimum atomic E-state index is -0.342. The Hall–Kier alpha value is -0.650. The number of rotatable bonds is 8. The van der Waals surface area contributed by atoms with Crippen molar-refractivity contribution in [3.05, 3.63) is 0 Å². The molecule has 0 radical (unpaired) electrons. The first-order chi connectivity index (χ1) is 7.49. The van der Waals surface area contributed by atoms with Crippen LogP contribution in [0.3, 0.4) is 0 Å². The predicted octanol–water partition coefficient (Wildman–Crippen LogP) is -0.411. The summed E-state index contributed by atoms with van der Waals surface area (Å²) >= 11 is 0. The van der Waals surface area contributed by atoms with Crippen molar-refractivity contribution >= 4 is 5.91 Å². The highest BCUT2D eigenvalue weighted by Crippen LogP contribution is 2.00. The van der Waals surface area contributed by atoms with E-state index in [0.717, 1.165) is 0 Å². The molecule has 0 heterocycles. The Bertz CT molecular complexity index is 198. The number of nitrogens with one attached hydrogen (secondary N) is 2. The lowest BCUT2D eigenvalue weighted by Gasteiger charge is -2.22. The van der Waals surface area contributed by atoms with E-state index in [4.69, 9.17) is 5.73 Å². The molecule has 5 nitrogen and oxygen atoms in total. The van der Waals surface area contributed by atoms with E-state index in [1.165, 1.54) is 0 Å². The first kappa shape index (κ1) is 15.3. The number of amides is 1. The van der Waals surface area contributed by atoms with Crippen molar-refractivity contribution in [2.45, 2.75) is 51.8 Å². The molecule has 0 spiro atoms. The van der Waals surface area contributed by atoms with Crippen molar-refractivity contribution in [2.75, 3.05) is 13.1 Å². The SMILES string of the molecule is CCNC(=O)CC(CN)NC(C)CC(C)O. The summed E-state index contributed by atoms with van der Waals surface area (Å²) in [5.41, 5.74) is 5.59. The molecule has 96 valence electrons. The third-order valence-electron chi connectivity index (χ3n) is 2.31. The summed E-state index contributed by atoms with van der Waals surface area (Å²) in [4.78, 5) is 11.4. The number of hydrogen-bond donors (Lipinski definition) is 4. The Morgan fingerprint density at radius 1 is 1.44 bits per heavy atom. The molecule has 0 aliphatic rings. The summed E-state index contributed by atoms with van der Waals surface area (Å²) in [5, 5.41) is 15.2. The lowest BCUT2D eigenvalue weighted by atomic mass is 10.1. The molecule has 0 rings (SSSR count). The molecule has 3 unspecified atom stereocenters. The minimum Gasteiger partial charge on any atom is -0.393 e. The smallest absolute Gasteiger partial charge is 0.221 e. The summed E-state index contributed by atoms with van der Waals surface area (Å²) in [6.45, 7) is 6.67. The van der Waals surface area contributed by atoms with Gasteiger partial charge >= 0.3 is 0 Å². The lowest BCUT2D eigenvalue weighted by molar-refractivity contribution is -0.121. The molecule has 5 N–H and O–H groups in total. The van der Waals surface area contributed by atoms with Crippen molar-refractivity contribution in [3.63, 3.8) is 0 Å². The van der Waals surface area contributed by atoms with Crippen molar-refractivity contribution in [1.29, 1.82) is 0 Å². The molecule has 0 aromatic heterocycles. The molecule has 1 amide bonds. The molecule has 0 aromatic rings. The van der Waals surface area contributed by atoms with Gasteiger partial charge in [0.2, 0.25) is 5.91 Å². The van der Waals surface area contributed by atoms with Crippen LogP contribution in [-0.2, 0) is 4.79 Å². The number of hydrogen-bond acceptors (Lipinski definition) is 4. The molecule has 16 heavy (non-hydrogen) atoms. The van der Waals surface area contributed by atoms with Gasteiger partial charge in [0, 0.05) is 31.6 Å². The molecule has 0 fully saturated rings. The van der Waals surface area contributed by atoms with Crippen LogP contribution in [0.2, 0.25) is 0 Å². The molecule has 0 aliphatic heterocycles. The van der Waals surface area contributed by atoms with Crippen LogP contribution in [0.4, 0.5) is 0 Å². The summed E-state index contributed by atoms with van der Waals surface area (Å²) in [7, 11) is 0. The quantitative estimate of drug-likeness (QED) is 0.457. The average molecular weight is 231 g/mol. The van der Waals surface area contributed by atoms with Gasteiger partial charge in [-0.1, -0.05) is 0 Å². The van der Waals surface area contributed by atoms with Gasteiger partial charge in [0.05, 0.1) is 6.10 Å². The Kier molecular flexibility index (Phi) is 8.15. The van der Waals surface area contributed by atoms with Gasteiger partial charge in [-0.25, -0.2) is 0 Å². The lowest BCUT2D eigenvalue weighted by Crippen LogP contribution is -2.45. The third kappa shape index (κ3) is 7.62. The highest BCUT2D eigenvalue weighted by atomic mass is 16.3. The summed E-state index contributed by atoms with van der Waals surface area (Å²) in [6, 6.07) is 0.128. The van der Waals surface area contributed by atoms with Gasteiger partial charge in [-0.3, -0.25) is 4.79 Å². The predicted molar refractivity (Wildman–Crippen MR) is 65.0 cm³/mol. The summed E-state index contributed by atoms with van der Waals surface area (Å²) in [6.07, 6.45) is 0.700. The molecular formula is C11H25N3O2. The largest absolute Gasteiger partial charge is 0.393 e. The Labute approximate surface area is 97.8 Å². The number of aliphatic hydroxyl groups is 1. The van der Waals surface area contributed by atoms with E-state index in [1.54, 1.807) is 6.92 Å². The Morgan fingerprint density at radius 3 is 2.50 bits per heavy atom. The topological polar surface area (TPSA) is 87.4 Å². The van der Waals surface area contributed by atoms with E-state index in [-0.39, 0.29) is 24.1 Å². The standard InChI is InChI=1S/C11H25N3O2/c1-4-13-11(16)6-10(7-12)14-8(2)5-9(3)15/h8-10,14-15H,4-7,12H2,1-3H3,(H,13,16). The molecule has 0 aliphatic carbocycles. The van der Waals surface area contributed by atoms with Crippen LogP contribution in [0.15, 0.2) is 0 Å². The average Bonchev–Trinajstić information content (AvgIpc) is 2.15. The monoisotopic (exact) mass is 231 g/mol. The van der Waals surface area contributed by atoms with Gasteiger partial charge in [-0.2, -0.15) is 0 Å². The molecule has 0 saturated heterocycles. The van der Waals surface area contributed by atoms with Crippen LogP contribution in [0.1, 0.15) is 33.6 Å². The second-order valence-corrected chi connectivity index (χ2v) is 4.24. The van der Waals surface area contributed by atoms with Crippen molar-refractivity contribution in [2.24, 2.45) is 5.73 Å². The number of aliphatic hydroxyl groups excluding tert-OH is 1. The van der Waals surface area contributed by atoms with Gasteiger partial charge in [-0.05, 0) is 27.2 Å². The first-order valence-corrected chi connectivity index (χ1v) is 5.90. The first-order valence-electron chi connectivity index (χ1n) is 5.90. The number of carbonyl (C=O) groups is 1. The van der Waals surface area contributed by atoms with Gasteiger partial charge in [-0.15, -0.1) is 0 Å². The second kappa shape index (κ2) is 8.50. The fraction of sp³-hybridized carbons (Fsp3) is 0.909. The third-order valence-corrected chi connectivity index (χ3v) is 2.31. The van der Waals surface area contributed by atoms with Crippen LogP contribution in [-0.4, -0.2) is 42.3 Å². The van der Waals surface area contributed by atoms with Crippen LogP contribution < -0.4 is 16.4 Å². The van der Waals surface area contributed by atoms with E-state index in [9.17, 15) is 9.90 Å². The maximum atomic E-state index is 11.4. The van der Waals surface area contributed by atoms with Crippen LogP contribution in [0.5, 0.6) is 0 Å².